The van der Waals surface area contributed by atoms with E-state index in [2.05, 4.69) is 17.4 Å². The van der Waals surface area contributed by atoms with Crippen LogP contribution in [0.2, 0.25) is 0 Å². The first kappa shape index (κ1) is 15.3. The van der Waals surface area contributed by atoms with Crippen LogP contribution in [0, 0.1) is 5.92 Å². The highest BCUT2D eigenvalue weighted by molar-refractivity contribution is 6.02. The molecule has 4 heteroatoms. The number of anilines is 1. The minimum Gasteiger partial charge on any atom is -0.476 e. The second kappa shape index (κ2) is 5.92. The number of nitrogens with one attached hydrogen (secondary N) is 1. The summed E-state index contributed by atoms with van der Waals surface area (Å²) < 4.78 is 5.91. The molecule has 120 valence electrons. The van der Waals surface area contributed by atoms with Gasteiger partial charge in [-0.2, -0.15) is 0 Å². The Morgan fingerprint density at radius 3 is 2.91 bits per heavy atom. The van der Waals surface area contributed by atoms with Crippen molar-refractivity contribution in [2.75, 3.05) is 24.5 Å². The molecule has 1 unspecified atom stereocenters. The molecule has 1 aromatic rings. The molecule has 0 bridgehead atoms. The Morgan fingerprint density at radius 1 is 1.41 bits per heavy atom. The fourth-order valence-corrected chi connectivity index (χ4v) is 3.49. The van der Waals surface area contributed by atoms with Gasteiger partial charge >= 0.3 is 0 Å². The summed E-state index contributed by atoms with van der Waals surface area (Å²) in [6, 6.07) is 6.31. The molecule has 2 aliphatic heterocycles. The van der Waals surface area contributed by atoms with Crippen LogP contribution in [0.1, 0.15) is 39.2 Å². The van der Waals surface area contributed by atoms with Crippen LogP contribution in [0.5, 0.6) is 5.75 Å². The van der Waals surface area contributed by atoms with E-state index in [0.717, 1.165) is 30.9 Å². The summed E-state index contributed by atoms with van der Waals surface area (Å²) in [6.45, 7) is 8.59. The van der Waals surface area contributed by atoms with E-state index in [4.69, 9.17) is 4.74 Å². The molecule has 22 heavy (non-hydrogen) atoms. The summed E-state index contributed by atoms with van der Waals surface area (Å²) >= 11 is 0. The summed E-state index contributed by atoms with van der Waals surface area (Å²) in [5.74, 6) is 1.55. The van der Waals surface area contributed by atoms with E-state index >= 15 is 0 Å². The van der Waals surface area contributed by atoms with Gasteiger partial charge in [0, 0.05) is 6.54 Å². The fourth-order valence-electron chi connectivity index (χ4n) is 3.49. The van der Waals surface area contributed by atoms with Crippen LogP contribution >= 0.6 is 0 Å². The Morgan fingerprint density at radius 2 is 2.23 bits per heavy atom. The number of carbonyl (C=O) groups is 1. The lowest BCUT2D eigenvalue weighted by Gasteiger charge is -2.38. The zero-order valence-corrected chi connectivity index (χ0v) is 13.8. The Bertz CT molecular complexity index is 562. The van der Waals surface area contributed by atoms with Crippen molar-refractivity contribution in [2.24, 2.45) is 5.92 Å². The number of piperidine rings is 1. The molecule has 1 aromatic carbocycles. The van der Waals surface area contributed by atoms with E-state index in [9.17, 15) is 4.79 Å². The van der Waals surface area contributed by atoms with Gasteiger partial charge in [-0.15, -0.1) is 0 Å². The highest BCUT2D eigenvalue weighted by Crippen LogP contribution is 2.38. The molecular weight excluding hydrogens is 276 g/mol. The first-order valence-corrected chi connectivity index (χ1v) is 8.36. The third kappa shape index (κ3) is 2.84. The third-order valence-electron chi connectivity index (χ3n) is 4.68. The topological polar surface area (TPSA) is 41.6 Å². The van der Waals surface area contributed by atoms with Crippen molar-refractivity contribution in [1.29, 1.82) is 0 Å². The third-order valence-corrected chi connectivity index (χ3v) is 4.68. The van der Waals surface area contributed by atoms with E-state index in [1.807, 2.05) is 31.7 Å². The maximum atomic E-state index is 12.5. The van der Waals surface area contributed by atoms with Crippen LogP contribution in [-0.4, -0.2) is 31.1 Å². The molecule has 2 aliphatic rings. The molecule has 1 saturated heterocycles. The zero-order valence-electron chi connectivity index (χ0n) is 13.8. The molecule has 4 nitrogen and oxygen atoms in total. The lowest BCUT2D eigenvalue weighted by molar-refractivity contribution is -0.132. The molecule has 0 aliphatic carbocycles. The molecule has 1 fully saturated rings. The van der Waals surface area contributed by atoms with Crippen LogP contribution in [0.4, 0.5) is 5.69 Å². The van der Waals surface area contributed by atoms with Gasteiger partial charge in [-0.1, -0.05) is 6.07 Å². The van der Waals surface area contributed by atoms with Crippen LogP contribution in [0.3, 0.4) is 0 Å². The monoisotopic (exact) mass is 302 g/mol. The molecule has 1 atom stereocenters. The van der Waals surface area contributed by atoms with E-state index < -0.39 is 5.60 Å². The van der Waals surface area contributed by atoms with E-state index in [0.29, 0.717) is 12.5 Å². The van der Waals surface area contributed by atoms with Crippen LogP contribution in [0.15, 0.2) is 18.2 Å². The number of amides is 1. The second-order valence-electron chi connectivity index (χ2n) is 6.88. The van der Waals surface area contributed by atoms with Gasteiger partial charge in [0.2, 0.25) is 0 Å². The van der Waals surface area contributed by atoms with E-state index in [1.54, 1.807) is 0 Å². The van der Waals surface area contributed by atoms with Crippen LogP contribution in [-0.2, 0) is 11.2 Å². The first-order chi connectivity index (χ1) is 10.5. The Kier molecular flexibility index (Phi) is 4.13. The van der Waals surface area contributed by atoms with Gasteiger partial charge in [-0.25, -0.2) is 0 Å². The lowest BCUT2D eigenvalue weighted by atomic mass is 9.91. The minimum absolute atomic E-state index is 0.0407. The summed E-state index contributed by atoms with van der Waals surface area (Å²) in [4.78, 5) is 14.4. The van der Waals surface area contributed by atoms with Crippen molar-refractivity contribution in [3.63, 3.8) is 0 Å². The van der Waals surface area contributed by atoms with Gasteiger partial charge < -0.3 is 15.0 Å². The van der Waals surface area contributed by atoms with Crippen molar-refractivity contribution < 1.29 is 9.53 Å². The first-order valence-electron chi connectivity index (χ1n) is 8.36. The number of fused-ring (bicyclic) bond motifs is 1. The summed E-state index contributed by atoms with van der Waals surface area (Å²) in [5, 5.41) is 3.47. The number of nitrogens with zero attached hydrogens (tertiary/aromatic N) is 1. The van der Waals surface area contributed by atoms with Crippen molar-refractivity contribution >= 4 is 11.6 Å². The van der Waals surface area contributed by atoms with Crippen molar-refractivity contribution in [2.45, 2.75) is 45.6 Å². The molecular formula is C18H26N2O2. The van der Waals surface area contributed by atoms with Crippen molar-refractivity contribution in [3.8, 4) is 5.75 Å². The average molecular weight is 302 g/mol. The van der Waals surface area contributed by atoms with Gasteiger partial charge in [0.15, 0.2) is 5.60 Å². The number of benzene rings is 1. The zero-order chi connectivity index (χ0) is 15.7. The van der Waals surface area contributed by atoms with Crippen molar-refractivity contribution in [1.82, 2.24) is 5.32 Å². The van der Waals surface area contributed by atoms with Crippen LogP contribution in [0.25, 0.3) is 0 Å². The molecule has 3 rings (SSSR count). The van der Waals surface area contributed by atoms with Gasteiger partial charge in [0.05, 0.1) is 5.69 Å². The lowest BCUT2D eigenvalue weighted by Crippen LogP contribution is -2.52. The smallest absolute Gasteiger partial charge is 0.270 e. The number of rotatable bonds is 3. The molecule has 1 amide bonds. The second-order valence-corrected chi connectivity index (χ2v) is 6.88. The van der Waals surface area contributed by atoms with Crippen molar-refractivity contribution in [3.05, 3.63) is 23.8 Å². The fraction of sp³-hybridized carbons (Fsp3) is 0.611. The number of ether oxygens (including phenoxy) is 1. The molecule has 0 radical (unpaired) electrons. The largest absolute Gasteiger partial charge is 0.476 e. The van der Waals surface area contributed by atoms with Gasteiger partial charge in [-0.3, -0.25) is 4.79 Å². The van der Waals surface area contributed by atoms with Gasteiger partial charge in [-0.05, 0) is 76.7 Å². The Balaban J connectivity index is 1.86. The molecule has 0 spiro atoms. The highest BCUT2D eigenvalue weighted by Gasteiger charge is 2.40. The highest BCUT2D eigenvalue weighted by atomic mass is 16.5. The standard InChI is InChI=1S/C18H26N2O2/c1-4-20-15-11-13(10-14-6-5-9-19-12-14)7-8-16(15)22-18(2,3)17(20)21/h7-8,11,14,19H,4-6,9-10,12H2,1-3H3. The van der Waals surface area contributed by atoms with Gasteiger partial charge in [0.1, 0.15) is 5.75 Å². The Labute approximate surface area is 132 Å². The molecule has 1 N–H and O–H groups in total. The number of hydrogen-bond acceptors (Lipinski definition) is 3. The number of carbonyl (C=O) groups excluding carboxylic acids is 1. The summed E-state index contributed by atoms with van der Waals surface area (Å²) in [5.41, 5.74) is 1.44. The predicted octanol–water partition coefficient (Wildman–Crippen LogP) is 2.75. The van der Waals surface area contributed by atoms with Gasteiger partial charge in [0.25, 0.3) is 5.91 Å². The normalized spacial score (nSPS) is 23.9. The summed E-state index contributed by atoms with van der Waals surface area (Å²) in [7, 11) is 0. The maximum Gasteiger partial charge on any atom is 0.270 e. The maximum absolute atomic E-state index is 12.5. The summed E-state index contributed by atoms with van der Waals surface area (Å²) in [6.07, 6.45) is 3.60. The molecule has 0 saturated carbocycles. The molecule has 0 aromatic heterocycles. The number of likely N-dealkylation sites (N-methyl/N-ethyl adjacent to an activating group) is 1. The quantitative estimate of drug-likeness (QED) is 0.933. The predicted molar refractivity (Wildman–Crippen MR) is 88.5 cm³/mol. The number of hydrogen-bond donors (Lipinski definition) is 1. The SMILES string of the molecule is CCN1C(=O)C(C)(C)Oc2ccc(CC3CCCNC3)cc21. The Hall–Kier alpha value is -1.55. The average Bonchev–Trinajstić information content (AvgIpc) is 2.50. The van der Waals surface area contributed by atoms with Crippen LogP contribution < -0.4 is 15.0 Å². The van der Waals surface area contributed by atoms with E-state index in [-0.39, 0.29) is 5.91 Å². The minimum atomic E-state index is -0.780. The molecule has 2 heterocycles. The van der Waals surface area contributed by atoms with E-state index in [1.165, 1.54) is 18.4 Å².